The largest absolute Gasteiger partial charge is 0.358 e. The van der Waals surface area contributed by atoms with E-state index in [0.29, 0.717) is 0 Å². The molecule has 0 heterocycles. The Labute approximate surface area is 237 Å². The Bertz CT molecular complexity index is 283. The lowest BCUT2D eigenvalue weighted by atomic mass is 10.1. The molecule has 0 saturated carbocycles. The highest BCUT2D eigenvalue weighted by molar-refractivity contribution is 4.48. The van der Waals surface area contributed by atoms with E-state index in [1.54, 1.807) is 0 Å². The van der Waals surface area contributed by atoms with Crippen LogP contribution in [-0.2, 0) is 0 Å². The van der Waals surface area contributed by atoms with Crippen LogP contribution < -0.4 is 28.7 Å². The Morgan fingerprint density at radius 1 is 0.514 bits per heavy atom. The Morgan fingerprint density at radius 3 is 0.784 bits per heavy atom. The summed E-state index contributed by atoms with van der Waals surface area (Å²) in [6, 6.07) is 0. The molecule has 0 aliphatic heterocycles. The van der Waals surface area contributed by atoms with Crippen LogP contribution in [0.2, 0.25) is 0 Å². The first-order valence-electron chi connectivity index (χ1n) is 16.1. The first kappa shape index (κ1) is 49.7. The minimum atomic E-state index is 0.250. The van der Waals surface area contributed by atoms with Crippen molar-refractivity contribution in [1.82, 2.24) is 0 Å². The van der Waals surface area contributed by atoms with Crippen LogP contribution in [0.4, 0.5) is 0 Å². The van der Waals surface area contributed by atoms with Gasteiger partial charge < -0.3 is 33.2 Å². The second-order valence-electron chi connectivity index (χ2n) is 11.7. The van der Waals surface area contributed by atoms with Crippen molar-refractivity contribution in [3.8, 4) is 0 Å². The van der Waals surface area contributed by atoms with E-state index < -0.39 is 0 Å². The first-order valence-corrected chi connectivity index (χ1v) is 16.1. The van der Waals surface area contributed by atoms with E-state index in [1.165, 1.54) is 88.4 Å². The van der Waals surface area contributed by atoms with Gasteiger partial charge >= 0.3 is 0 Å². The van der Waals surface area contributed by atoms with Gasteiger partial charge in [-0.15, -0.1) is 0 Å². The molecule has 0 bridgehead atoms. The van der Waals surface area contributed by atoms with Gasteiger partial charge in [-0.25, -0.2) is 0 Å². The van der Waals surface area contributed by atoms with Crippen molar-refractivity contribution in [1.29, 1.82) is 0 Å². The van der Waals surface area contributed by atoms with Crippen LogP contribution in [0.15, 0.2) is 0 Å². The fraction of sp³-hybridized carbons (Fsp3) is 1.00. The zero-order valence-electron chi connectivity index (χ0n) is 29.1. The Morgan fingerprint density at radius 2 is 0.730 bits per heavy atom. The predicted molar refractivity (Wildman–Crippen MR) is 169 cm³/mol. The van der Waals surface area contributed by atoms with E-state index in [-0.39, 0.29) is 5.54 Å². The summed E-state index contributed by atoms with van der Waals surface area (Å²) in [4.78, 5) is 0. The predicted octanol–water partition coefficient (Wildman–Crippen LogP) is 3.05. The van der Waals surface area contributed by atoms with Gasteiger partial charge in [0.25, 0.3) is 0 Å². The van der Waals surface area contributed by atoms with E-state index in [1.807, 2.05) is 0 Å². The van der Waals surface area contributed by atoms with Crippen LogP contribution >= 0.6 is 0 Å². The van der Waals surface area contributed by atoms with Crippen LogP contribution in [-0.4, -0.2) is 62.4 Å². The van der Waals surface area contributed by atoms with Crippen LogP contribution in [0.3, 0.4) is 0 Å². The summed E-state index contributed by atoms with van der Waals surface area (Å²) in [6.45, 7) is 36.1. The highest BCUT2D eigenvalue weighted by Crippen LogP contribution is 2.12. The maximum Gasteiger partial charge on any atom is 0.0860 e. The zero-order valence-corrected chi connectivity index (χ0v) is 29.1. The molecule has 0 spiro atoms. The monoisotopic (exact) mass is 543 g/mol. The smallest absolute Gasteiger partial charge is 0.0860 e. The molecule has 0 aromatic carbocycles. The molecule has 0 rings (SSSR count). The number of unbranched alkanes of at least 4 members (excludes halogenated alkanes) is 2. The standard InChI is InChI=1S/C12H28N.4C4H11N.C3H9N/c1-5-9-13(10-6-2,11-7-3)12-8-4;1-4(2,3)5;1-4(2)3-5;2*1-2-3-4-5;1-2-3-4/h5-12H2,1-4H3;5H2,1-3H3;4H,3,5H2,1-2H3;2*2-5H2,1H3;2-4H2,1H3/q+1;;;;;/p+5. The van der Waals surface area contributed by atoms with Crippen molar-refractivity contribution in [2.45, 2.75) is 146 Å². The molecular formula is C31H86N6+6. The second-order valence-corrected chi connectivity index (χ2v) is 11.7. The van der Waals surface area contributed by atoms with Gasteiger partial charge in [-0.2, -0.15) is 0 Å². The highest BCUT2D eigenvalue weighted by atomic mass is 15.3. The summed E-state index contributed by atoms with van der Waals surface area (Å²) < 4.78 is 1.38. The van der Waals surface area contributed by atoms with Gasteiger partial charge in [0.05, 0.1) is 57.9 Å². The number of quaternary nitrogens is 6. The molecule has 0 amide bonds. The molecule has 0 aromatic rings. The molecule has 0 fully saturated rings. The SMILES string of the molecule is CC(C)(C)[NH3+].CC(C)C[NH3+].CCCC[NH3+].CCCC[NH3+].CCC[N+](CCC)(CCC)CCC.CCC[NH3+]. The molecule has 234 valence electrons. The van der Waals surface area contributed by atoms with Crippen LogP contribution in [0.1, 0.15) is 141 Å². The molecular weight excluding hydrogens is 456 g/mol. The Hall–Kier alpha value is -0.240. The number of rotatable bonds is 14. The van der Waals surface area contributed by atoms with Crippen molar-refractivity contribution >= 4 is 0 Å². The van der Waals surface area contributed by atoms with Crippen LogP contribution in [0, 0.1) is 5.92 Å². The first-order chi connectivity index (χ1) is 17.3. The van der Waals surface area contributed by atoms with Gasteiger partial charge in [0.15, 0.2) is 0 Å². The lowest BCUT2D eigenvalue weighted by Crippen LogP contribution is -2.67. The topological polar surface area (TPSA) is 138 Å². The van der Waals surface area contributed by atoms with Crippen molar-refractivity contribution in [3.63, 3.8) is 0 Å². The van der Waals surface area contributed by atoms with Gasteiger partial charge in [-0.3, -0.25) is 0 Å². The quantitative estimate of drug-likeness (QED) is 0.206. The highest BCUT2D eigenvalue weighted by Gasteiger charge is 2.22. The molecule has 0 saturated heterocycles. The molecule has 0 radical (unpaired) electrons. The normalized spacial score (nSPS) is 10.2. The molecule has 0 atom stereocenters. The summed E-state index contributed by atoms with van der Waals surface area (Å²) in [7, 11) is 0. The van der Waals surface area contributed by atoms with Gasteiger partial charge in [0.1, 0.15) is 0 Å². The Balaban J connectivity index is -0.0000000845. The Kier molecular flexibility index (Phi) is 57.5. The average Bonchev–Trinajstić information content (AvgIpc) is 2.81. The van der Waals surface area contributed by atoms with E-state index in [0.717, 1.165) is 32.1 Å². The molecule has 37 heavy (non-hydrogen) atoms. The summed E-state index contributed by atoms with van der Waals surface area (Å²) in [5.74, 6) is 0.773. The van der Waals surface area contributed by atoms with E-state index >= 15 is 0 Å². The van der Waals surface area contributed by atoms with Crippen LogP contribution in [0.25, 0.3) is 0 Å². The molecule has 6 nitrogen and oxygen atoms in total. The number of hydrogen-bond donors (Lipinski definition) is 5. The number of hydrogen-bond acceptors (Lipinski definition) is 0. The third-order valence-corrected chi connectivity index (χ3v) is 4.93. The summed E-state index contributed by atoms with van der Waals surface area (Å²) >= 11 is 0. The number of nitrogens with zero attached hydrogens (tertiary/aromatic N) is 1. The summed E-state index contributed by atoms with van der Waals surface area (Å²) in [5.41, 5.74) is 18.7. The molecule has 0 aliphatic rings. The minimum absolute atomic E-state index is 0.250. The van der Waals surface area contributed by atoms with E-state index in [4.69, 9.17) is 0 Å². The van der Waals surface area contributed by atoms with E-state index in [2.05, 4.69) is 112 Å². The summed E-state index contributed by atoms with van der Waals surface area (Å²) in [6.07, 6.45) is 11.7. The van der Waals surface area contributed by atoms with Crippen molar-refractivity contribution in [2.24, 2.45) is 5.92 Å². The molecule has 0 unspecified atom stereocenters. The van der Waals surface area contributed by atoms with Gasteiger partial charge in [-0.1, -0.05) is 75.2 Å². The molecule has 6 heteroatoms. The lowest BCUT2D eigenvalue weighted by molar-refractivity contribution is -0.928. The lowest BCUT2D eigenvalue weighted by Gasteiger charge is -2.38. The van der Waals surface area contributed by atoms with Gasteiger partial charge in [0.2, 0.25) is 0 Å². The molecule has 0 aliphatic carbocycles. The maximum absolute atomic E-state index is 3.77. The second kappa shape index (κ2) is 42.8. The third kappa shape index (κ3) is 78.7. The summed E-state index contributed by atoms with van der Waals surface area (Å²) in [5, 5.41) is 0. The van der Waals surface area contributed by atoms with Crippen molar-refractivity contribution in [3.05, 3.63) is 0 Å². The molecule has 0 aromatic heterocycles. The average molecular weight is 543 g/mol. The van der Waals surface area contributed by atoms with Gasteiger partial charge in [-0.05, 0) is 65.7 Å². The minimum Gasteiger partial charge on any atom is -0.358 e. The molecule has 15 N–H and O–H groups in total. The van der Waals surface area contributed by atoms with Gasteiger partial charge in [0, 0.05) is 5.92 Å². The van der Waals surface area contributed by atoms with Crippen LogP contribution in [0.5, 0.6) is 0 Å². The fourth-order valence-corrected chi connectivity index (χ4v) is 3.07. The van der Waals surface area contributed by atoms with Crippen molar-refractivity contribution < 1.29 is 33.2 Å². The van der Waals surface area contributed by atoms with E-state index in [9.17, 15) is 0 Å². The third-order valence-electron chi connectivity index (χ3n) is 4.93. The maximum atomic E-state index is 3.77. The van der Waals surface area contributed by atoms with Crippen molar-refractivity contribution in [2.75, 3.05) is 52.4 Å². The fourth-order valence-electron chi connectivity index (χ4n) is 3.07. The zero-order chi connectivity index (χ0) is 30.6.